The van der Waals surface area contributed by atoms with Crippen LogP contribution in [0, 0.1) is 9.81 Å². The molecular weight excluding hydrogens is 420 g/mol. The van der Waals surface area contributed by atoms with Gasteiger partial charge in [-0.15, -0.1) is 9.81 Å². The van der Waals surface area contributed by atoms with Crippen LogP contribution in [0.25, 0.3) is 6.08 Å². The number of nitroso groups, excluding NO2 is 2. The highest BCUT2D eigenvalue weighted by Crippen LogP contribution is 2.28. The molecular formula is C21H24N4O7. The van der Waals surface area contributed by atoms with E-state index in [2.05, 4.69) is 21.2 Å². The molecule has 0 unspecified atom stereocenters. The molecule has 0 bridgehead atoms. The van der Waals surface area contributed by atoms with Crippen molar-refractivity contribution in [2.75, 3.05) is 13.2 Å². The largest absolute Gasteiger partial charge is 0.462 e. The Hall–Kier alpha value is -3.73. The average Bonchev–Trinajstić information content (AvgIpc) is 2.81. The van der Waals surface area contributed by atoms with Crippen molar-refractivity contribution in [3.63, 3.8) is 0 Å². The highest BCUT2D eigenvalue weighted by atomic mass is 16.5. The van der Waals surface area contributed by atoms with Crippen LogP contribution in [0.5, 0.6) is 0 Å². The zero-order chi connectivity index (χ0) is 23.3. The molecule has 1 aliphatic carbocycles. The van der Waals surface area contributed by atoms with Gasteiger partial charge in [-0.1, -0.05) is 12.1 Å². The zero-order valence-electron chi connectivity index (χ0n) is 17.5. The summed E-state index contributed by atoms with van der Waals surface area (Å²) < 4.78 is 10.2. The van der Waals surface area contributed by atoms with E-state index in [4.69, 9.17) is 9.47 Å². The molecule has 1 aromatic rings. The number of carbonyl (C=O) groups excluding carboxylic acids is 3. The molecule has 32 heavy (non-hydrogen) atoms. The van der Waals surface area contributed by atoms with E-state index >= 15 is 0 Å². The quantitative estimate of drug-likeness (QED) is 0.174. The van der Waals surface area contributed by atoms with Crippen LogP contribution in [-0.4, -0.2) is 37.1 Å². The number of nitrogens with zero attached hydrogens (tertiary/aromatic N) is 2. The number of hydrazine groups is 1. The standard InChI is InChI=1S/C21H24N4O7/c1-14(26)22-23-17-7-5-16(6-8-17)21(28)32-12-2-11-31-20(27)10-4-15-3-9-18(24-29)19(13-15)25-30/h3-5,9-10,13,17,23H,2,6-8,11-12H2,1H3,(H,22,26)/b10-4+/t17-/m0/s1. The van der Waals surface area contributed by atoms with E-state index < -0.39 is 11.9 Å². The summed E-state index contributed by atoms with van der Waals surface area (Å²) in [5.74, 6) is -1.19. The van der Waals surface area contributed by atoms with Crippen molar-refractivity contribution in [2.24, 2.45) is 10.4 Å². The monoisotopic (exact) mass is 444 g/mol. The summed E-state index contributed by atoms with van der Waals surface area (Å²) in [7, 11) is 0. The third kappa shape index (κ3) is 8.19. The van der Waals surface area contributed by atoms with Gasteiger partial charge in [0.15, 0.2) is 0 Å². The summed E-state index contributed by atoms with van der Waals surface area (Å²) >= 11 is 0. The zero-order valence-corrected chi connectivity index (χ0v) is 17.5. The van der Waals surface area contributed by atoms with Crippen molar-refractivity contribution in [1.82, 2.24) is 10.9 Å². The summed E-state index contributed by atoms with van der Waals surface area (Å²) in [6, 6.07) is 4.23. The van der Waals surface area contributed by atoms with E-state index in [0.717, 1.165) is 0 Å². The number of hydrogen-bond donors (Lipinski definition) is 2. The first-order valence-electron chi connectivity index (χ1n) is 9.96. The minimum absolute atomic E-state index is 0.0629. The summed E-state index contributed by atoms with van der Waals surface area (Å²) in [4.78, 5) is 55.9. The van der Waals surface area contributed by atoms with Crippen LogP contribution in [0.15, 0.2) is 46.3 Å². The van der Waals surface area contributed by atoms with Gasteiger partial charge in [-0.3, -0.25) is 10.2 Å². The number of benzene rings is 1. The molecule has 1 amide bonds. The Morgan fingerprint density at radius 2 is 1.88 bits per heavy atom. The number of amides is 1. The van der Waals surface area contributed by atoms with Gasteiger partial charge in [0.05, 0.1) is 13.2 Å². The molecule has 0 radical (unpaired) electrons. The molecule has 0 heterocycles. The summed E-state index contributed by atoms with van der Waals surface area (Å²) in [5, 5.41) is 5.39. The van der Waals surface area contributed by atoms with Crippen LogP contribution >= 0.6 is 0 Å². The molecule has 0 saturated carbocycles. The number of esters is 2. The molecule has 0 fully saturated rings. The van der Waals surface area contributed by atoms with E-state index in [1.807, 2.05) is 0 Å². The highest BCUT2D eigenvalue weighted by molar-refractivity contribution is 5.88. The van der Waals surface area contributed by atoms with Crippen molar-refractivity contribution >= 4 is 35.3 Å². The lowest BCUT2D eigenvalue weighted by Gasteiger charge is -2.22. The lowest BCUT2D eigenvalue weighted by Crippen LogP contribution is -2.44. The van der Waals surface area contributed by atoms with E-state index in [0.29, 0.717) is 36.8 Å². The van der Waals surface area contributed by atoms with Crippen LogP contribution in [0.1, 0.15) is 38.2 Å². The maximum Gasteiger partial charge on any atom is 0.333 e. The second kappa shape index (κ2) is 12.8. The number of carbonyl (C=O) groups is 3. The summed E-state index contributed by atoms with van der Waals surface area (Å²) in [6.07, 6.45) is 6.56. The van der Waals surface area contributed by atoms with Gasteiger partial charge in [0.25, 0.3) is 0 Å². The van der Waals surface area contributed by atoms with Crippen molar-refractivity contribution in [1.29, 1.82) is 0 Å². The fraction of sp³-hybridized carbons (Fsp3) is 0.381. The second-order valence-electron chi connectivity index (χ2n) is 6.95. The molecule has 11 heteroatoms. The molecule has 0 aromatic heterocycles. The minimum atomic E-state index is -0.609. The molecule has 2 rings (SSSR count). The molecule has 1 aliphatic rings. The van der Waals surface area contributed by atoms with Gasteiger partial charge in [0.1, 0.15) is 11.4 Å². The van der Waals surface area contributed by atoms with Gasteiger partial charge in [-0.2, -0.15) is 0 Å². The van der Waals surface area contributed by atoms with Gasteiger partial charge in [-0.05, 0) is 53.4 Å². The Kier molecular flexibility index (Phi) is 9.85. The van der Waals surface area contributed by atoms with E-state index in [1.165, 1.54) is 37.3 Å². The van der Waals surface area contributed by atoms with E-state index in [9.17, 15) is 24.2 Å². The maximum absolute atomic E-state index is 12.1. The molecule has 1 atom stereocenters. The number of rotatable bonds is 11. The van der Waals surface area contributed by atoms with E-state index in [-0.39, 0.29) is 36.5 Å². The molecule has 11 nitrogen and oxygen atoms in total. The Bertz CT molecular complexity index is 927. The van der Waals surface area contributed by atoms with Gasteiger partial charge in [0.2, 0.25) is 5.91 Å². The molecule has 1 aromatic carbocycles. The third-order valence-corrected chi connectivity index (χ3v) is 4.50. The lowest BCUT2D eigenvalue weighted by atomic mass is 9.96. The predicted molar refractivity (Wildman–Crippen MR) is 116 cm³/mol. The predicted octanol–water partition coefficient (Wildman–Crippen LogP) is 3.09. The molecule has 0 aliphatic heterocycles. The van der Waals surface area contributed by atoms with Crippen LogP contribution in [0.4, 0.5) is 11.4 Å². The summed E-state index contributed by atoms with van der Waals surface area (Å²) in [6.45, 7) is 1.58. The Balaban J connectivity index is 1.65. The minimum Gasteiger partial charge on any atom is -0.462 e. The fourth-order valence-corrected chi connectivity index (χ4v) is 2.85. The smallest absolute Gasteiger partial charge is 0.333 e. The number of hydrogen-bond acceptors (Lipinski definition) is 10. The Morgan fingerprint density at radius 3 is 2.53 bits per heavy atom. The lowest BCUT2D eigenvalue weighted by molar-refractivity contribution is -0.141. The van der Waals surface area contributed by atoms with E-state index in [1.54, 1.807) is 6.08 Å². The average molecular weight is 444 g/mol. The number of ether oxygens (including phenoxy) is 2. The van der Waals surface area contributed by atoms with Gasteiger partial charge >= 0.3 is 11.9 Å². The Morgan fingerprint density at radius 1 is 1.12 bits per heavy atom. The second-order valence-corrected chi connectivity index (χ2v) is 6.95. The van der Waals surface area contributed by atoms with Gasteiger partial charge in [0, 0.05) is 31.0 Å². The molecule has 0 spiro atoms. The third-order valence-electron chi connectivity index (χ3n) is 4.50. The first-order chi connectivity index (χ1) is 15.4. The maximum atomic E-state index is 12.1. The van der Waals surface area contributed by atoms with Crippen molar-refractivity contribution < 1.29 is 23.9 Å². The molecule has 170 valence electrons. The van der Waals surface area contributed by atoms with Crippen molar-refractivity contribution in [3.05, 3.63) is 51.3 Å². The van der Waals surface area contributed by atoms with Crippen LogP contribution in [-0.2, 0) is 23.9 Å². The van der Waals surface area contributed by atoms with Crippen LogP contribution in [0.3, 0.4) is 0 Å². The normalized spacial score (nSPS) is 15.5. The number of nitrogens with one attached hydrogen (secondary N) is 2. The highest BCUT2D eigenvalue weighted by Gasteiger charge is 2.19. The fourth-order valence-electron chi connectivity index (χ4n) is 2.85. The SMILES string of the molecule is CC(=O)NN[C@H]1CC=C(C(=O)OCCCOC(=O)/C=C/c2ccc(N=O)c(N=O)c2)CC1. The van der Waals surface area contributed by atoms with Crippen molar-refractivity contribution in [3.8, 4) is 0 Å². The molecule has 2 N–H and O–H groups in total. The Labute approximate surface area is 184 Å². The molecule has 0 saturated heterocycles. The van der Waals surface area contributed by atoms with Crippen molar-refractivity contribution in [2.45, 2.75) is 38.6 Å². The first-order valence-corrected chi connectivity index (χ1v) is 9.96. The summed E-state index contributed by atoms with van der Waals surface area (Å²) in [5.41, 5.74) is 6.29. The van der Waals surface area contributed by atoms with Gasteiger partial charge < -0.3 is 9.47 Å². The van der Waals surface area contributed by atoms with Crippen LogP contribution < -0.4 is 10.9 Å². The topological polar surface area (TPSA) is 153 Å². The van der Waals surface area contributed by atoms with Crippen LogP contribution in [0.2, 0.25) is 0 Å². The van der Waals surface area contributed by atoms with Gasteiger partial charge in [-0.25, -0.2) is 15.0 Å². The first kappa shape index (κ1) is 24.5.